The van der Waals surface area contributed by atoms with Gasteiger partial charge in [0.05, 0.1) is 0 Å². The molecular weight excluding hydrogens is 358 g/mol. The van der Waals surface area contributed by atoms with E-state index in [9.17, 15) is 4.79 Å². The summed E-state index contributed by atoms with van der Waals surface area (Å²) in [6, 6.07) is 16.8. The van der Waals surface area contributed by atoms with Crippen molar-refractivity contribution in [2.75, 3.05) is 26.2 Å². The number of hydrogen-bond acceptors (Lipinski definition) is 2. The zero-order chi connectivity index (χ0) is 19.6. The second-order valence-corrected chi connectivity index (χ2v) is 8.46. The first kappa shape index (κ1) is 18.4. The molecule has 2 aromatic carbocycles. The zero-order valence-corrected chi connectivity index (χ0v) is 17.0. The highest BCUT2D eigenvalue weighted by molar-refractivity contribution is 5.99. The number of hydrogen-bond donors (Lipinski definition) is 1. The van der Waals surface area contributed by atoms with Gasteiger partial charge >= 0.3 is 0 Å². The molecule has 1 aliphatic carbocycles. The number of carbonyl (C=O) groups excluding carboxylic acids is 1. The summed E-state index contributed by atoms with van der Waals surface area (Å²) in [4.78, 5) is 21.3. The molecule has 2 heterocycles. The summed E-state index contributed by atoms with van der Waals surface area (Å²) in [7, 11) is 0. The van der Waals surface area contributed by atoms with Crippen LogP contribution < -0.4 is 0 Å². The highest BCUT2D eigenvalue weighted by Crippen LogP contribution is 2.30. The average molecular weight is 388 g/mol. The Hall–Kier alpha value is -2.59. The zero-order valence-electron chi connectivity index (χ0n) is 17.0. The monoisotopic (exact) mass is 387 g/mol. The topological polar surface area (TPSA) is 39.3 Å². The Morgan fingerprint density at radius 3 is 2.66 bits per heavy atom. The lowest BCUT2D eigenvalue weighted by atomic mass is 9.95. The van der Waals surface area contributed by atoms with E-state index in [1.165, 1.54) is 40.6 Å². The number of rotatable bonds is 3. The summed E-state index contributed by atoms with van der Waals surface area (Å²) < 4.78 is 0. The normalized spacial score (nSPS) is 17.9. The summed E-state index contributed by atoms with van der Waals surface area (Å²) in [5.74, 6) is 0.180. The third kappa shape index (κ3) is 3.82. The molecule has 29 heavy (non-hydrogen) atoms. The molecule has 5 rings (SSSR count). The minimum atomic E-state index is 0.180. The standard InChI is InChI=1S/C25H29N3O/c29-25(20-11-12-24-22(17-20)21-9-4-5-10-23(21)26-24)28-14-6-13-27(15-16-28)18-19-7-2-1-3-8-19/h1-3,7-8,11-12,17,26H,4-6,9-10,13-16,18H2. The van der Waals surface area contributed by atoms with Gasteiger partial charge in [0.15, 0.2) is 0 Å². The minimum Gasteiger partial charge on any atom is -0.358 e. The Morgan fingerprint density at radius 1 is 0.897 bits per heavy atom. The molecule has 150 valence electrons. The number of amides is 1. The first-order valence-electron chi connectivity index (χ1n) is 11.0. The molecule has 0 saturated carbocycles. The van der Waals surface area contributed by atoms with Gasteiger partial charge in [0.2, 0.25) is 0 Å². The number of nitrogens with zero attached hydrogens (tertiary/aromatic N) is 2. The summed E-state index contributed by atoms with van der Waals surface area (Å²) >= 11 is 0. The van der Waals surface area contributed by atoms with E-state index in [4.69, 9.17) is 0 Å². The number of fused-ring (bicyclic) bond motifs is 3. The molecule has 0 atom stereocenters. The maximum atomic E-state index is 13.2. The molecule has 1 amide bonds. The van der Waals surface area contributed by atoms with Crippen LogP contribution >= 0.6 is 0 Å². The number of carbonyl (C=O) groups is 1. The van der Waals surface area contributed by atoms with E-state index in [0.717, 1.165) is 57.5 Å². The van der Waals surface area contributed by atoms with Gasteiger partial charge in [-0.1, -0.05) is 30.3 Å². The van der Waals surface area contributed by atoms with E-state index >= 15 is 0 Å². The Labute approximate surface area is 172 Å². The number of aromatic amines is 1. The van der Waals surface area contributed by atoms with Gasteiger partial charge in [-0.15, -0.1) is 0 Å². The van der Waals surface area contributed by atoms with Crippen molar-refractivity contribution in [3.63, 3.8) is 0 Å². The van der Waals surface area contributed by atoms with Gasteiger partial charge in [-0.2, -0.15) is 0 Å². The van der Waals surface area contributed by atoms with Crippen LogP contribution in [0.5, 0.6) is 0 Å². The largest absolute Gasteiger partial charge is 0.358 e. The van der Waals surface area contributed by atoms with E-state index in [-0.39, 0.29) is 5.91 Å². The first-order valence-corrected chi connectivity index (χ1v) is 11.0. The van der Waals surface area contributed by atoms with E-state index in [1.54, 1.807) is 0 Å². The van der Waals surface area contributed by atoms with E-state index < -0.39 is 0 Å². The highest BCUT2D eigenvalue weighted by Gasteiger charge is 2.22. The van der Waals surface area contributed by atoms with Crippen LogP contribution in [-0.4, -0.2) is 46.9 Å². The second kappa shape index (κ2) is 8.03. The van der Waals surface area contributed by atoms with Gasteiger partial charge < -0.3 is 9.88 Å². The Kier molecular flexibility index (Phi) is 5.11. The molecule has 0 spiro atoms. The van der Waals surface area contributed by atoms with E-state index in [1.807, 2.05) is 11.0 Å². The van der Waals surface area contributed by atoms with Gasteiger partial charge in [0.1, 0.15) is 0 Å². The van der Waals surface area contributed by atoms with Crippen molar-refractivity contribution in [1.82, 2.24) is 14.8 Å². The minimum absolute atomic E-state index is 0.180. The van der Waals surface area contributed by atoms with Crippen molar-refractivity contribution in [1.29, 1.82) is 0 Å². The number of nitrogens with one attached hydrogen (secondary N) is 1. The van der Waals surface area contributed by atoms with Gasteiger partial charge in [0, 0.05) is 54.9 Å². The van der Waals surface area contributed by atoms with Gasteiger partial charge in [-0.25, -0.2) is 0 Å². The molecule has 1 saturated heterocycles. The Bertz CT molecular complexity index is 1010. The molecule has 1 N–H and O–H groups in total. The molecule has 4 nitrogen and oxygen atoms in total. The molecule has 1 aliphatic heterocycles. The Morgan fingerprint density at radius 2 is 1.76 bits per heavy atom. The van der Waals surface area contributed by atoms with E-state index in [2.05, 4.69) is 52.3 Å². The third-order valence-corrected chi connectivity index (χ3v) is 6.47. The number of benzene rings is 2. The number of aromatic nitrogens is 1. The fourth-order valence-electron chi connectivity index (χ4n) is 4.90. The van der Waals surface area contributed by atoms with Crippen LogP contribution in [-0.2, 0) is 19.4 Å². The van der Waals surface area contributed by atoms with Crippen molar-refractivity contribution < 1.29 is 4.79 Å². The predicted octanol–water partition coefficient (Wildman–Crippen LogP) is 4.39. The fraction of sp³-hybridized carbons (Fsp3) is 0.400. The van der Waals surface area contributed by atoms with E-state index in [0.29, 0.717) is 0 Å². The summed E-state index contributed by atoms with van der Waals surface area (Å²) in [5.41, 5.74) is 6.17. The smallest absolute Gasteiger partial charge is 0.253 e. The molecule has 3 aromatic rings. The van der Waals surface area contributed by atoms with Crippen LogP contribution in [0.4, 0.5) is 0 Å². The van der Waals surface area contributed by atoms with Crippen molar-refractivity contribution >= 4 is 16.8 Å². The van der Waals surface area contributed by atoms with Gasteiger partial charge in [-0.05, 0) is 61.4 Å². The van der Waals surface area contributed by atoms with Gasteiger partial charge in [-0.3, -0.25) is 9.69 Å². The highest BCUT2D eigenvalue weighted by atomic mass is 16.2. The van der Waals surface area contributed by atoms with Crippen molar-refractivity contribution in [3.8, 4) is 0 Å². The quantitative estimate of drug-likeness (QED) is 0.724. The van der Waals surface area contributed by atoms with Crippen molar-refractivity contribution in [2.45, 2.75) is 38.6 Å². The molecule has 1 aromatic heterocycles. The molecule has 1 fully saturated rings. The van der Waals surface area contributed by atoms with Gasteiger partial charge in [0.25, 0.3) is 5.91 Å². The third-order valence-electron chi connectivity index (χ3n) is 6.47. The van der Waals surface area contributed by atoms with Crippen molar-refractivity contribution in [2.24, 2.45) is 0 Å². The fourth-order valence-corrected chi connectivity index (χ4v) is 4.90. The SMILES string of the molecule is O=C(c1ccc2[nH]c3c(c2c1)CCCC3)N1CCCN(Cc2ccccc2)CC1. The van der Waals surface area contributed by atoms with Crippen LogP contribution in [0.15, 0.2) is 48.5 Å². The molecule has 0 radical (unpaired) electrons. The lowest BCUT2D eigenvalue weighted by molar-refractivity contribution is 0.0761. The molecular formula is C25H29N3O. The molecule has 0 unspecified atom stereocenters. The van der Waals surface area contributed by atoms with Crippen LogP contribution in [0.2, 0.25) is 0 Å². The maximum absolute atomic E-state index is 13.2. The average Bonchev–Trinajstić information content (AvgIpc) is 2.97. The lowest BCUT2D eigenvalue weighted by Crippen LogP contribution is -2.35. The number of H-pyrrole nitrogens is 1. The van der Waals surface area contributed by atoms with Crippen LogP contribution in [0.1, 0.15) is 46.4 Å². The lowest BCUT2D eigenvalue weighted by Gasteiger charge is -2.22. The predicted molar refractivity (Wildman–Crippen MR) is 117 cm³/mol. The summed E-state index contributed by atoms with van der Waals surface area (Å²) in [6.07, 6.45) is 5.81. The second-order valence-electron chi connectivity index (χ2n) is 8.46. The molecule has 4 heteroatoms. The summed E-state index contributed by atoms with van der Waals surface area (Å²) in [6.45, 7) is 4.58. The van der Waals surface area contributed by atoms with Crippen LogP contribution in [0.25, 0.3) is 10.9 Å². The first-order chi connectivity index (χ1) is 14.3. The summed E-state index contributed by atoms with van der Waals surface area (Å²) in [5, 5.41) is 1.26. The van der Waals surface area contributed by atoms with Crippen molar-refractivity contribution in [3.05, 3.63) is 70.9 Å². The molecule has 0 bridgehead atoms. The number of aryl methyl sites for hydroxylation is 2. The van der Waals surface area contributed by atoms with Crippen LogP contribution in [0.3, 0.4) is 0 Å². The molecule has 2 aliphatic rings. The Balaban J connectivity index is 1.30. The maximum Gasteiger partial charge on any atom is 0.253 e. The van der Waals surface area contributed by atoms with Crippen LogP contribution in [0, 0.1) is 0 Å².